The maximum atomic E-state index is 6.09. The lowest BCUT2D eigenvalue weighted by atomic mass is 10.0. The molecule has 0 bridgehead atoms. The molecule has 0 spiro atoms. The van der Waals surface area contributed by atoms with Gasteiger partial charge in [-0.3, -0.25) is 0 Å². The van der Waals surface area contributed by atoms with E-state index in [-0.39, 0.29) is 0 Å². The molecule has 0 amide bonds. The fraction of sp³-hybridized carbons (Fsp3) is 0.550. The van der Waals surface area contributed by atoms with Crippen molar-refractivity contribution in [3.63, 3.8) is 0 Å². The van der Waals surface area contributed by atoms with Crippen LogP contribution in [-0.4, -0.2) is 25.5 Å². The van der Waals surface area contributed by atoms with E-state index in [0.717, 1.165) is 54.0 Å². The monoisotopic (exact) mass is 445 g/mol. The predicted octanol–water partition coefficient (Wildman–Crippen LogP) is 6.24. The van der Waals surface area contributed by atoms with Crippen molar-refractivity contribution < 1.29 is 14.3 Å². The summed E-state index contributed by atoms with van der Waals surface area (Å²) in [5.74, 6) is 1.83. The quantitative estimate of drug-likeness (QED) is 0.217. The summed E-state index contributed by atoms with van der Waals surface area (Å²) in [6.07, 6.45) is 5.40. The lowest BCUT2D eigenvalue weighted by molar-refractivity contribution is 0.135. The van der Waals surface area contributed by atoms with Crippen molar-refractivity contribution in [3.05, 3.63) is 33.3 Å². The molecule has 0 aliphatic rings. The van der Waals surface area contributed by atoms with Crippen molar-refractivity contribution in [3.8, 4) is 11.5 Å². The number of hydrogen-bond acceptors (Lipinski definition) is 4. The zero-order chi connectivity index (χ0) is 19.4. The number of hydrogen-bond donors (Lipinski definition) is 0. The predicted molar refractivity (Wildman–Crippen MR) is 113 cm³/mol. The van der Waals surface area contributed by atoms with E-state index in [1.165, 1.54) is 0 Å². The highest BCUT2D eigenvalue weighted by atomic mass is 79.9. The number of ether oxygens (including phenoxy) is 2. The van der Waals surface area contributed by atoms with Gasteiger partial charge >= 0.3 is 0 Å². The maximum absolute atomic E-state index is 6.09. The van der Waals surface area contributed by atoms with Gasteiger partial charge in [-0.05, 0) is 84.8 Å². The summed E-state index contributed by atoms with van der Waals surface area (Å²) in [5, 5.41) is 3.93. The summed E-state index contributed by atoms with van der Waals surface area (Å²) >= 11 is 8.95. The average Bonchev–Trinajstić information content (AvgIpc) is 2.60. The summed E-state index contributed by atoms with van der Waals surface area (Å²) in [5.41, 5.74) is 3.25. The molecule has 4 nitrogen and oxygen atoms in total. The fourth-order valence-electron chi connectivity index (χ4n) is 2.33. The standard InChI is InChI=1S/C20H29BrClNO3/c1-5-16-13-18(24-12-9-19(21)22)14-17(6-2)20(16)25-10-7-8-11-26-23-15(3)4/h9,13-14H,5-8,10-12H2,1-4H3/b19-9-. The van der Waals surface area contributed by atoms with Gasteiger partial charge in [0, 0.05) is 0 Å². The zero-order valence-electron chi connectivity index (χ0n) is 16.1. The second-order valence-electron chi connectivity index (χ2n) is 6.01. The first kappa shape index (κ1) is 22.8. The number of rotatable bonds is 12. The number of benzene rings is 1. The van der Waals surface area contributed by atoms with Crippen molar-refractivity contribution in [2.45, 2.75) is 53.4 Å². The number of aryl methyl sites for hydroxylation is 2. The Morgan fingerprint density at radius 1 is 1.08 bits per heavy atom. The van der Waals surface area contributed by atoms with Gasteiger partial charge in [-0.15, -0.1) is 0 Å². The molecule has 6 heteroatoms. The molecule has 0 saturated carbocycles. The van der Waals surface area contributed by atoms with Crippen LogP contribution in [0.25, 0.3) is 0 Å². The Bertz CT molecular complexity index is 584. The molecule has 1 aromatic rings. The summed E-state index contributed by atoms with van der Waals surface area (Å²) < 4.78 is 12.4. The topological polar surface area (TPSA) is 40.0 Å². The molecule has 0 fully saturated rings. The Labute approximate surface area is 170 Å². The van der Waals surface area contributed by atoms with Crippen LogP contribution in [0.2, 0.25) is 0 Å². The minimum atomic E-state index is 0.427. The Kier molecular flexibility index (Phi) is 11.5. The molecule has 26 heavy (non-hydrogen) atoms. The van der Waals surface area contributed by atoms with E-state index < -0.39 is 0 Å². The normalized spacial score (nSPS) is 11.2. The highest BCUT2D eigenvalue weighted by Crippen LogP contribution is 2.31. The van der Waals surface area contributed by atoms with Crippen molar-refractivity contribution in [2.24, 2.45) is 5.16 Å². The molecule has 0 unspecified atom stereocenters. The molecule has 0 aliphatic heterocycles. The van der Waals surface area contributed by atoms with E-state index in [4.69, 9.17) is 25.9 Å². The van der Waals surface area contributed by atoms with Gasteiger partial charge in [-0.1, -0.05) is 30.6 Å². The molecule has 0 saturated heterocycles. The Hall–Kier alpha value is -1.20. The smallest absolute Gasteiger partial charge is 0.125 e. The fourth-order valence-corrected chi connectivity index (χ4v) is 2.53. The first-order chi connectivity index (χ1) is 12.5. The third-order valence-corrected chi connectivity index (χ3v) is 4.07. The molecule has 0 heterocycles. The molecule has 0 aromatic heterocycles. The summed E-state index contributed by atoms with van der Waals surface area (Å²) in [7, 11) is 0. The van der Waals surface area contributed by atoms with Gasteiger partial charge in [-0.25, -0.2) is 0 Å². The van der Waals surface area contributed by atoms with Crippen molar-refractivity contribution in [1.82, 2.24) is 0 Å². The molecule has 0 atom stereocenters. The van der Waals surface area contributed by atoms with E-state index in [1.54, 1.807) is 6.08 Å². The summed E-state index contributed by atoms with van der Waals surface area (Å²) in [6, 6.07) is 4.10. The van der Waals surface area contributed by atoms with Gasteiger partial charge in [0.1, 0.15) is 24.7 Å². The van der Waals surface area contributed by atoms with E-state index in [0.29, 0.717) is 23.8 Å². The lowest BCUT2D eigenvalue weighted by Crippen LogP contribution is -2.05. The molecule has 1 aromatic carbocycles. The van der Waals surface area contributed by atoms with Gasteiger partial charge in [0.25, 0.3) is 0 Å². The van der Waals surface area contributed by atoms with Crippen LogP contribution in [0.1, 0.15) is 51.7 Å². The van der Waals surface area contributed by atoms with E-state index in [2.05, 4.69) is 34.9 Å². The van der Waals surface area contributed by atoms with Crippen molar-refractivity contribution in [2.75, 3.05) is 19.8 Å². The van der Waals surface area contributed by atoms with Crippen LogP contribution in [-0.2, 0) is 17.7 Å². The Morgan fingerprint density at radius 2 is 1.69 bits per heavy atom. The SMILES string of the molecule is CCc1cc(OC/C=C(\Cl)Br)cc(CC)c1OCCCCON=C(C)C. The molecule has 0 N–H and O–H groups in total. The highest BCUT2D eigenvalue weighted by Gasteiger charge is 2.11. The van der Waals surface area contributed by atoms with Gasteiger partial charge < -0.3 is 14.3 Å². The first-order valence-electron chi connectivity index (χ1n) is 9.03. The Morgan fingerprint density at radius 3 is 2.23 bits per heavy atom. The second kappa shape index (κ2) is 13.0. The van der Waals surface area contributed by atoms with Crippen LogP contribution in [0.15, 0.2) is 27.3 Å². The van der Waals surface area contributed by atoms with Gasteiger partial charge in [0.05, 0.1) is 16.3 Å². The minimum absolute atomic E-state index is 0.427. The largest absolute Gasteiger partial charge is 0.493 e. The van der Waals surface area contributed by atoms with Crippen LogP contribution in [0, 0.1) is 0 Å². The van der Waals surface area contributed by atoms with Gasteiger partial charge in [0.15, 0.2) is 0 Å². The third kappa shape index (κ3) is 8.95. The molecule has 0 radical (unpaired) electrons. The molecular weight excluding hydrogens is 418 g/mol. The molecule has 0 aliphatic carbocycles. The minimum Gasteiger partial charge on any atom is -0.493 e. The molecule has 1 rings (SSSR count). The van der Waals surface area contributed by atoms with Crippen LogP contribution >= 0.6 is 27.5 Å². The van der Waals surface area contributed by atoms with E-state index >= 15 is 0 Å². The van der Waals surface area contributed by atoms with Gasteiger partial charge in [0.2, 0.25) is 0 Å². The summed E-state index contributed by atoms with van der Waals surface area (Å²) in [4.78, 5) is 5.21. The second-order valence-corrected chi connectivity index (χ2v) is 7.73. The van der Waals surface area contributed by atoms with Crippen LogP contribution < -0.4 is 9.47 Å². The number of unbranched alkanes of at least 4 members (excludes halogenated alkanes) is 1. The Balaban J connectivity index is 2.63. The van der Waals surface area contributed by atoms with E-state index in [9.17, 15) is 0 Å². The zero-order valence-corrected chi connectivity index (χ0v) is 18.5. The van der Waals surface area contributed by atoms with Crippen LogP contribution in [0.3, 0.4) is 0 Å². The lowest BCUT2D eigenvalue weighted by Gasteiger charge is -2.17. The van der Waals surface area contributed by atoms with Crippen LogP contribution in [0.4, 0.5) is 0 Å². The highest BCUT2D eigenvalue weighted by molar-refractivity contribution is 9.12. The number of nitrogens with zero attached hydrogens (tertiary/aromatic N) is 1. The molecule has 146 valence electrons. The third-order valence-electron chi connectivity index (χ3n) is 3.59. The summed E-state index contributed by atoms with van der Waals surface area (Å²) in [6.45, 7) is 9.79. The van der Waals surface area contributed by atoms with Crippen LogP contribution in [0.5, 0.6) is 11.5 Å². The maximum Gasteiger partial charge on any atom is 0.125 e. The average molecular weight is 447 g/mol. The molecular formula is C20H29BrClNO3. The van der Waals surface area contributed by atoms with E-state index in [1.807, 2.05) is 26.0 Å². The number of halogens is 2. The first-order valence-corrected chi connectivity index (χ1v) is 10.2. The van der Waals surface area contributed by atoms with Crippen molar-refractivity contribution in [1.29, 1.82) is 0 Å². The van der Waals surface area contributed by atoms with Crippen molar-refractivity contribution >= 4 is 33.2 Å². The number of oxime groups is 1. The van der Waals surface area contributed by atoms with Gasteiger partial charge in [-0.2, -0.15) is 0 Å².